The van der Waals surface area contributed by atoms with Crippen LogP contribution in [0.3, 0.4) is 0 Å². The Hall–Kier alpha value is -4.80. The van der Waals surface area contributed by atoms with E-state index in [1.54, 1.807) is 21.8 Å². The molecule has 4 aromatic rings. The second kappa shape index (κ2) is 15.6. The highest BCUT2D eigenvalue weighted by atomic mass is 32.2. The highest BCUT2D eigenvalue weighted by Crippen LogP contribution is 2.40. The molecule has 10 rings (SSSR count). The van der Waals surface area contributed by atoms with Crippen LogP contribution in [0.2, 0.25) is 0 Å². The van der Waals surface area contributed by atoms with Gasteiger partial charge in [-0.15, -0.1) is 5.26 Å². The first kappa shape index (κ1) is 38.1. The van der Waals surface area contributed by atoms with E-state index >= 15 is 0 Å². The number of nitriles is 1. The van der Waals surface area contributed by atoms with Gasteiger partial charge < -0.3 is 19.5 Å². The van der Waals surface area contributed by atoms with E-state index in [-0.39, 0.29) is 22.1 Å². The summed E-state index contributed by atoms with van der Waals surface area (Å²) in [5, 5.41) is 24.1. The molecule has 2 amide bonds. The zero-order valence-corrected chi connectivity index (χ0v) is 32.5. The highest BCUT2D eigenvalue weighted by Gasteiger charge is 2.29. The van der Waals surface area contributed by atoms with Gasteiger partial charge in [-0.2, -0.15) is 18.6 Å². The van der Waals surface area contributed by atoms with E-state index in [1.165, 1.54) is 58.4 Å². The van der Waals surface area contributed by atoms with Crippen molar-refractivity contribution in [3.8, 4) is 12.0 Å². The minimum absolute atomic E-state index is 0.0484. The number of primary sulfonamides is 1. The normalized spacial score (nSPS) is 18.1. The van der Waals surface area contributed by atoms with Crippen molar-refractivity contribution < 1.29 is 35.8 Å². The lowest BCUT2D eigenvalue weighted by Crippen LogP contribution is -2.35. The van der Waals surface area contributed by atoms with Gasteiger partial charge in [0.15, 0.2) is 10.1 Å². The molecule has 6 aliphatic rings. The fourth-order valence-corrected chi connectivity index (χ4v) is 9.61. The molecule has 2 aromatic carbocycles. The van der Waals surface area contributed by atoms with Crippen LogP contribution in [0, 0.1) is 11.5 Å². The number of aromatic nitrogens is 4. The van der Waals surface area contributed by atoms with E-state index in [1.807, 2.05) is 6.26 Å². The number of anilines is 1. The second-order valence-corrected chi connectivity index (χ2v) is 18.0. The summed E-state index contributed by atoms with van der Waals surface area (Å²) in [7, 11) is -7.71. The van der Waals surface area contributed by atoms with Crippen molar-refractivity contribution in [3.63, 3.8) is 0 Å². The minimum atomic E-state index is -4.04. The number of aryl methyl sites for hydroxylation is 4. The lowest BCUT2D eigenvalue weighted by molar-refractivity contribution is -0.0291. The van der Waals surface area contributed by atoms with Crippen LogP contribution in [-0.2, 0) is 80.9 Å². The van der Waals surface area contributed by atoms with Crippen molar-refractivity contribution in [3.05, 3.63) is 81.2 Å². The summed E-state index contributed by atoms with van der Waals surface area (Å²) in [6, 6.07) is 6.84. The number of hydrogen-bond donors (Lipinski definition) is 3. The molecule has 0 saturated carbocycles. The quantitative estimate of drug-likeness (QED) is 0.229. The van der Waals surface area contributed by atoms with E-state index in [4.69, 9.17) is 24.6 Å². The van der Waals surface area contributed by atoms with Crippen molar-refractivity contribution in [2.24, 2.45) is 5.14 Å². The zero-order valence-electron chi connectivity index (χ0n) is 30.8. The van der Waals surface area contributed by atoms with Gasteiger partial charge in [0.1, 0.15) is 5.75 Å². The fraction of sp³-hybridized carbons (Fsp3) is 0.474. The van der Waals surface area contributed by atoms with E-state index in [0.29, 0.717) is 26.4 Å². The molecule has 296 valence electrons. The number of benzene rings is 2. The summed E-state index contributed by atoms with van der Waals surface area (Å²) in [5.74, 6) is 0.903. The summed E-state index contributed by atoms with van der Waals surface area (Å²) in [6.07, 6.45) is 17.9. The predicted octanol–water partition coefficient (Wildman–Crippen LogP) is 3.57. The van der Waals surface area contributed by atoms with Crippen molar-refractivity contribution in [1.82, 2.24) is 24.3 Å². The lowest BCUT2D eigenvalue weighted by atomic mass is 9.99. The van der Waals surface area contributed by atoms with Crippen molar-refractivity contribution >= 4 is 31.8 Å². The van der Waals surface area contributed by atoms with E-state index in [2.05, 4.69) is 32.4 Å². The topological polar surface area (TPSA) is 223 Å². The number of hydrogen-bond acceptors (Lipinski definition) is 11. The smallest absolute Gasteiger partial charge is 0.333 e. The maximum absolute atomic E-state index is 12.6. The Bertz CT molecular complexity index is 2360. The molecule has 0 spiro atoms. The number of fused-ring (bicyclic) bond motifs is 4. The van der Waals surface area contributed by atoms with Crippen LogP contribution in [0.5, 0.6) is 5.75 Å². The average Bonchev–Trinajstić information content (AvgIpc) is 3.95. The number of rotatable bonds is 7. The van der Waals surface area contributed by atoms with Crippen LogP contribution >= 0.6 is 0 Å². The molecule has 4 N–H and O–H groups in total. The van der Waals surface area contributed by atoms with Gasteiger partial charge in [0.05, 0.1) is 38.5 Å². The largest absolute Gasteiger partial charge is 0.387 e. The van der Waals surface area contributed by atoms with Crippen LogP contribution < -0.4 is 19.9 Å². The number of amides is 2. The van der Waals surface area contributed by atoms with Crippen LogP contribution in [-0.4, -0.2) is 68.9 Å². The standard InChI is InChI=1S/C19H22N4O4S.C13H13NO.C6H9N3O3S/c24-19(22-28(25,26)17-7-8-23(21-17)14-10-27-11-14)20-18-15-5-1-3-12(15)9-13-4-2-6-16(13)18;14-8-15-13-11-5-1-3-9(11)7-10-4-2-6-12(10)13;7-13(10,11)6-1-2-9(8-6)5-3-12-4-5/h7-9,14H,1-6,10-11H2,(H2,20,22,24);7H,1-6H2;1-2,5H,3-4H2,(H2,7,10,11). The summed E-state index contributed by atoms with van der Waals surface area (Å²) in [4.78, 5) is 12.6. The van der Waals surface area contributed by atoms with Crippen LogP contribution in [0.15, 0.2) is 46.7 Å². The number of nitrogens with one attached hydrogen (secondary N) is 2. The van der Waals surface area contributed by atoms with E-state index in [0.717, 1.165) is 86.8 Å². The van der Waals surface area contributed by atoms with Crippen LogP contribution in [0.25, 0.3) is 0 Å². The number of carbonyl (C=O) groups is 1. The first-order chi connectivity index (χ1) is 27.0. The molecular formula is C38H44N8O8S2. The number of sulfonamides is 2. The Morgan fingerprint density at radius 2 is 1.18 bits per heavy atom. The van der Waals surface area contributed by atoms with Gasteiger partial charge in [0.2, 0.25) is 0 Å². The number of ether oxygens (including phenoxy) is 3. The Morgan fingerprint density at radius 1 is 0.732 bits per heavy atom. The molecule has 0 unspecified atom stereocenters. The Balaban J connectivity index is 0.000000132. The molecular weight excluding hydrogens is 761 g/mol. The van der Waals surface area contributed by atoms with Gasteiger partial charge >= 0.3 is 6.03 Å². The number of urea groups is 1. The molecule has 2 saturated heterocycles. The molecule has 2 fully saturated rings. The van der Waals surface area contributed by atoms with Gasteiger partial charge in [-0.3, -0.25) is 9.36 Å². The molecule has 18 heteroatoms. The third kappa shape index (κ3) is 7.78. The summed E-state index contributed by atoms with van der Waals surface area (Å²) in [5.41, 5.74) is 11.1. The summed E-state index contributed by atoms with van der Waals surface area (Å²) >= 11 is 0. The Labute approximate surface area is 325 Å². The predicted molar refractivity (Wildman–Crippen MR) is 202 cm³/mol. The Morgan fingerprint density at radius 3 is 1.61 bits per heavy atom. The van der Waals surface area contributed by atoms with Crippen molar-refractivity contribution in [1.29, 1.82) is 5.26 Å². The summed E-state index contributed by atoms with van der Waals surface area (Å²) in [6.45, 7) is 2.18. The number of nitrogens with two attached hydrogens (primary N) is 1. The number of carbonyl (C=O) groups excluding carboxylic acids is 1. The maximum Gasteiger partial charge on any atom is 0.333 e. The number of nitrogens with zero attached hydrogens (tertiary/aromatic N) is 5. The average molecular weight is 805 g/mol. The third-order valence-corrected chi connectivity index (χ3v) is 13.3. The fourth-order valence-electron chi connectivity index (χ4n) is 8.31. The first-order valence-corrected chi connectivity index (χ1v) is 22.0. The third-order valence-electron chi connectivity index (χ3n) is 11.2. The molecule has 0 atom stereocenters. The van der Waals surface area contributed by atoms with Crippen molar-refractivity contribution in [2.75, 3.05) is 31.7 Å². The van der Waals surface area contributed by atoms with Gasteiger partial charge in [0.25, 0.3) is 26.3 Å². The Kier molecular flexibility index (Phi) is 10.6. The summed E-state index contributed by atoms with van der Waals surface area (Å²) < 4.78 is 67.3. The minimum Gasteiger partial charge on any atom is -0.387 e. The van der Waals surface area contributed by atoms with Gasteiger partial charge in [-0.1, -0.05) is 12.1 Å². The van der Waals surface area contributed by atoms with Gasteiger partial charge in [0, 0.05) is 18.1 Å². The van der Waals surface area contributed by atoms with Crippen molar-refractivity contribution in [2.45, 2.75) is 99.2 Å². The molecule has 0 radical (unpaired) electrons. The maximum atomic E-state index is 12.6. The second-order valence-electron chi connectivity index (χ2n) is 14.9. The molecule has 0 bridgehead atoms. The molecule has 2 aliphatic heterocycles. The molecule has 2 aromatic heterocycles. The van der Waals surface area contributed by atoms with E-state index in [9.17, 15) is 21.6 Å². The highest BCUT2D eigenvalue weighted by molar-refractivity contribution is 7.90. The van der Waals surface area contributed by atoms with Gasteiger partial charge in [-0.25, -0.2) is 23.1 Å². The molecule has 56 heavy (non-hydrogen) atoms. The molecule has 16 nitrogen and oxygen atoms in total. The SMILES string of the molecule is N#COc1c2c(cc3c1CCC3)CCC2.NS(=O)(=O)c1ccn(C2COC2)n1.O=C(Nc1c2c(cc3c1CCC3)CCC2)NS(=O)(=O)c1ccn(C2COC2)n1. The van der Waals surface area contributed by atoms with Crippen LogP contribution in [0.4, 0.5) is 10.5 Å². The molecule has 4 aliphatic carbocycles. The van der Waals surface area contributed by atoms with Gasteiger partial charge in [-0.05, 0) is 134 Å². The van der Waals surface area contributed by atoms with E-state index < -0.39 is 26.1 Å². The monoisotopic (exact) mass is 804 g/mol. The van der Waals surface area contributed by atoms with Crippen LogP contribution in [0.1, 0.15) is 82.3 Å². The first-order valence-electron chi connectivity index (χ1n) is 19.0. The molecule has 4 heterocycles. The lowest BCUT2D eigenvalue weighted by Gasteiger charge is -2.25. The zero-order chi connectivity index (χ0) is 39.0.